The fraction of sp³-hybridized carbons (Fsp3) is 0.864. The number of hydrogen-bond acceptors (Lipinski definition) is 4. The van der Waals surface area contributed by atoms with Crippen LogP contribution in [0, 0.1) is 0 Å². The van der Waals surface area contributed by atoms with Gasteiger partial charge in [-0.1, -0.05) is 64.7 Å². The number of quaternary nitrogens is 1. The molecule has 7 heteroatoms. The summed E-state index contributed by atoms with van der Waals surface area (Å²) in [4.78, 5) is 33.0. The molecule has 0 aromatic rings. The van der Waals surface area contributed by atoms with Gasteiger partial charge in [-0.25, -0.2) is 0 Å². The van der Waals surface area contributed by atoms with Crippen LogP contribution in [0.4, 0.5) is 0 Å². The molecule has 2 N–H and O–H groups in total. The minimum absolute atomic E-state index is 0.0926. The first-order chi connectivity index (χ1) is 13.8. The van der Waals surface area contributed by atoms with E-state index in [0.29, 0.717) is 6.54 Å². The average molecular weight is 416 g/mol. The molecule has 29 heavy (non-hydrogen) atoms. The maximum Gasteiger partial charge on any atom is 0.309 e. The molecule has 0 aliphatic carbocycles. The zero-order valence-corrected chi connectivity index (χ0v) is 18.2. The highest BCUT2D eigenvalue weighted by molar-refractivity contribution is 5.67. The number of carbonyl (C=O) groups is 3. The highest BCUT2D eigenvalue weighted by Crippen LogP contribution is 2.17. The molecule has 0 saturated carbocycles. The third-order valence-corrected chi connectivity index (χ3v) is 5.63. The van der Waals surface area contributed by atoms with E-state index in [4.69, 9.17) is 10.2 Å². The van der Waals surface area contributed by atoms with Crippen LogP contribution in [0.15, 0.2) is 0 Å². The fourth-order valence-corrected chi connectivity index (χ4v) is 3.78. The predicted molar refractivity (Wildman–Crippen MR) is 110 cm³/mol. The molecule has 0 spiro atoms. The SMILES string of the molecule is CCCCCCCCCCCCC[N+](CCC(=O)[O-])(CCC(=O)O)CCC(=O)O. The van der Waals surface area contributed by atoms with Gasteiger partial charge in [0.1, 0.15) is 0 Å². The number of nitrogens with zero attached hydrogens (tertiary/aromatic N) is 1. The van der Waals surface area contributed by atoms with E-state index in [2.05, 4.69) is 6.92 Å². The van der Waals surface area contributed by atoms with Gasteiger partial charge in [-0.2, -0.15) is 0 Å². The summed E-state index contributed by atoms with van der Waals surface area (Å²) in [7, 11) is 0. The molecule has 0 rings (SSSR count). The second-order valence-corrected chi connectivity index (χ2v) is 8.18. The van der Waals surface area contributed by atoms with E-state index in [-0.39, 0.29) is 43.4 Å². The fourth-order valence-electron chi connectivity index (χ4n) is 3.78. The summed E-state index contributed by atoms with van der Waals surface area (Å²) in [5.41, 5.74) is 0. The molecule has 0 amide bonds. The maximum atomic E-state index is 11.0. The van der Waals surface area contributed by atoms with Crippen LogP contribution in [0.5, 0.6) is 0 Å². The van der Waals surface area contributed by atoms with E-state index in [1.54, 1.807) is 0 Å². The lowest BCUT2D eigenvalue weighted by Gasteiger charge is -2.38. The summed E-state index contributed by atoms with van der Waals surface area (Å²) in [5, 5.41) is 29.0. The third kappa shape index (κ3) is 17.0. The number of aliphatic carboxylic acids is 3. The molecular weight excluding hydrogens is 374 g/mol. The Bertz CT molecular complexity index is 421. The van der Waals surface area contributed by atoms with E-state index in [1.165, 1.54) is 51.4 Å². The minimum atomic E-state index is -1.18. The lowest BCUT2D eigenvalue weighted by Crippen LogP contribution is -2.53. The highest BCUT2D eigenvalue weighted by Gasteiger charge is 2.28. The Balaban J connectivity index is 4.36. The molecule has 0 aromatic carbocycles. The van der Waals surface area contributed by atoms with Crippen LogP contribution in [0.1, 0.15) is 96.8 Å². The maximum absolute atomic E-state index is 11.0. The molecule has 0 unspecified atom stereocenters. The molecule has 7 nitrogen and oxygen atoms in total. The van der Waals surface area contributed by atoms with E-state index in [1.807, 2.05) is 0 Å². The van der Waals surface area contributed by atoms with Gasteiger partial charge in [0.15, 0.2) is 0 Å². The molecule has 0 aliphatic heterocycles. The highest BCUT2D eigenvalue weighted by atomic mass is 16.4. The summed E-state index contributed by atoms with van der Waals surface area (Å²) in [6, 6.07) is 0. The molecular formula is C22H41NO6. The molecule has 0 aromatic heterocycles. The molecule has 0 radical (unpaired) electrons. The van der Waals surface area contributed by atoms with Crippen LogP contribution in [0.2, 0.25) is 0 Å². The normalized spacial score (nSPS) is 11.5. The Morgan fingerprint density at radius 2 is 1.00 bits per heavy atom. The Morgan fingerprint density at radius 3 is 1.38 bits per heavy atom. The lowest BCUT2D eigenvalue weighted by atomic mass is 10.1. The van der Waals surface area contributed by atoms with Crippen LogP contribution in [-0.4, -0.2) is 58.8 Å². The smallest absolute Gasteiger partial charge is 0.309 e. The summed E-state index contributed by atoms with van der Waals surface area (Å²) in [6.07, 6.45) is 12.8. The number of carboxylic acids is 3. The summed E-state index contributed by atoms with van der Waals surface area (Å²) >= 11 is 0. The van der Waals surface area contributed by atoms with Crippen LogP contribution >= 0.6 is 0 Å². The van der Waals surface area contributed by atoms with Crippen molar-refractivity contribution in [3.05, 3.63) is 0 Å². The van der Waals surface area contributed by atoms with Crippen LogP contribution in [-0.2, 0) is 14.4 Å². The van der Waals surface area contributed by atoms with Gasteiger partial charge in [0.05, 0.1) is 39.0 Å². The molecule has 0 fully saturated rings. The van der Waals surface area contributed by atoms with Crippen molar-refractivity contribution in [2.24, 2.45) is 0 Å². The van der Waals surface area contributed by atoms with Gasteiger partial charge in [-0.05, 0) is 12.8 Å². The molecule has 170 valence electrons. The number of carbonyl (C=O) groups excluding carboxylic acids is 1. The summed E-state index contributed by atoms with van der Waals surface area (Å²) in [6.45, 7) is 3.57. The van der Waals surface area contributed by atoms with Crippen LogP contribution < -0.4 is 5.11 Å². The Hall–Kier alpha value is -1.63. The van der Waals surface area contributed by atoms with Crippen molar-refractivity contribution in [2.45, 2.75) is 96.8 Å². The molecule has 0 atom stereocenters. The van der Waals surface area contributed by atoms with Crippen LogP contribution in [0.3, 0.4) is 0 Å². The van der Waals surface area contributed by atoms with Crippen molar-refractivity contribution < 1.29 is 34.2 Å². The molecule has 0 bridgehead atoms. The standard InChI is InChI=1S/C22H41NO6/c1-2-3-4-5-6-7-8-9-10-11-12-16-23(17-13-20(24)25,18-14-21(26)27)19-15-22(28)29/h2-19H2,1H3,(H2-,24,25,26,27,28,29). The van der Waals surface area contributed by atoms with Crippen molar-refractivity contribution in [1.82, 2.24) is 0 Å². The molecule has 0 aliphatic rings. The second-order valence-electron chi connectivity index (χ2n) is 8.18. The van der Waals surface area contributed by atoms with Gasteiger partial charge >= 0.3 is 11.9 Å². The van der Waals surface area contributed by atoms with Crippen molar-refractivity contribution in [3.8, 4) is 0 Å². The number of rotatable bonds is 21. The van der Waals surface area contributed by atoms with Gasteiger partial charge in [-0.3, -0.25) is 9.59 Å². The van der Waals surface area contributed by atoms with Crippen LogP contribution in [0.25, 0.3) is 0 Å². The largest absolute Gasteiger partial charge is 0.550 e. The first-order valence-electron chi connectivity index (χ1n) is 11.3. The van der Waals surface area contributed by atoms with Gasteiger partial charge in [0, 0.05) is 12.4 Å². The van der Waals surface area contributed by atoms with E-state index in [9.17, 15) is 19.5 Å². The van der Waals surface area contributed by atoms with E-state index >= 15 is 0 Å². The van der Waals surface area contributed by atoms with Crippen molar-refractivity contribution >= 4 is 17.9 Å². The molecule has 0 heterocycles. The predicted octanol–water partition coefficient (Wildman–Crippen LogP) is 3.20. The van der Waals surface area contributed by atoms with Gasteiger partial charge in [0.2, 0.25) is 0 Å². The number of hydrogen-bond donors (Lipinski definition) is 2. The third-order valence-electron chi connectivity index (χ3n) is 5.63. The van der Waals surface area contributed by atoms with Gasteiger partial charge < -0.3 is 24.6 Å². The topological polar surface area (TPSA) is 115 Å². The van der Waals surface area contributed by atoms with E-state index < -0.39 is 17.9 Å². The molecule has 0 saturated heterocycles. The van der Waals surface area contributed by atoms with E-state index in [0.717, 1.165) is 19.3 Å². The minimum Gasteiger partial charge on any atom is -0.550 e. The average Bonchev–Trinajstić information content (AvgIpc) is 2.66. The number of carboxylic acid groups (broad SMARTS) is 3. The summed E-state index contributed by atoms with van der Waals surface area (Å²) < 4.78 is 0.226. The Labute approximate surface area is 175 Å². The van der Waals surface area contributed by atoms with Crippen molar-refractivity contribution in [1.29, 1.82) is 0 Å². The quantitative estimate of drug-likeness (QED) is 0.220. The van der Waals surface area contributed by atoms with Crippen molar-refractivity contribution in [3.63, 3.8) is 0 Å². The first-order valence-corrected chi connectivity index (χ1v) is 11.3. The summed E-state index contributed by atoms with van der Waals surface area (Å²) in [5.74, 6) is -3.08. The van der Waals surface area contributed by atoms with Crippen molar-refractivity contribution in [2.75, 3.05) is 26.2 Å². The zero-order valence-electron chi connectivity index (χ0n) is 18.2. The lowest BCUT2D eigenvalue weighted by molar-refractivity contribution is -0.927. The van der Waals surface area contributed by atoms with Gasteiger partial charge in [-0.15, -0.1) is 0 Å². The monoisotopic (exact) mass is 415 g/mol. The Morgan fingerprint density at radius 1 is 0.621 bits per heavy atom. The second kappa shape index (κ2) is 17.2. The zero-order chi connectivity index (χ0) is 22.0. The Kier molecular flexibility index (Phi) is 16.3. The number of unbranched alkanes of at least 4 members (excludes halogenated alkanes) is 10. The van der Waals surface area contributed by atoms with Gasteiger partial charge in [0.25, 0.3) is 0 Å². The first kappa shape index (κ1) is 27.4.